The first-order chi connectivity index (χ1) is 8.96. The molecule has 1 aromatic rings. The van der Waals surface area contributed by atoms with Crippen LogP contribution in [0.15, 0.2) is 12.1 Å². The highest BCUT2D eigenvalue weighted by Gasteiger charge is 2.42. The summed E-state index contributed by atoms with van der Waals surface area (Å²) in [6.45, 7) is 3.90. The molecule has 4 heteroatoms. The molecule has 3 nitrogen and oxygen atoms in total. The number of ether oxygens (including phenoxy) is 2. The molecule has 19 heavy (non-hydrogen) atoms. The van der Waals surface area contributed by atoms with Gasteiger partial charge >= 0.3 is 0 Å². The zero-order valence-corrected chi connectivity index (χ0v) is 11.5. The monoisotopic (exact) mass is 265 g/mol. The first kappa shape index (κ1) is 12.7. The van der Waals surface area contributed by atoms with Gasteiger partial charge in [0.1, 0.15) is 5.67 Å². The molecule has 0 saturated heterocycles. The molecule has 0 amide bonds. The predicted octanol–water partition coefficient (Wildman–Crippen LogP) is 3.00. The van der Waals surface area contributed by atoms with Crippen molar-refractivity contribution >= 4 is 0 Å². The molecular weight excluding hydrogens is 245 g/mol. The summed E-state index contributed by atoms with van der Waals surface area (Å²) in [5.41, 5.74) is 6.17. The Morgan fingerprint density at radius 3 is 2.58 bits per heavy atom. The first-order valence-electron chi connectivity index (χ1n) is 6.80. The van der Waals surface area contributed by atoms with Gasteiger partial charge in [-0.05, 0) is 44.4 Å². The lowest BCUT2D eigenvalue weighted by atomic mass is 9.63. The van der Waals surface area contributed by atoms with E-state index in [0.29, 0.717) is 17.9 Å². The van der Waals surface area contributed by atoms with E-state index in [2.05, 4.69) is 0 Å². The normalized spacial score (nSPS) is 20.2. The summed E-state index contributed by atoms with van der Waals surface area (Å²) in [5.74, 6) is 1.41. The summed E-state index contributed by atoms with van der Waals surface area (Å²) in [6.07, 6.45) is 3.24. The van der Waals surface area contributed by atoms with Gasteiger partial charge in [0.15, 0.2) is 11.5 Å². The van der Waals surface area contributed by atoms with Gasteiger partial charge in [-0.25, -0.2) is 4.39 Å². The van der Waals surface area contributed by atoms with Gasteiger partial charge in [0.05, 0.1) is 0 Å². The van der Waals surface area contributed by atoms with Crippen molar-refractivity contribution in [1.29, 1.82) is 0 Å². The molecule has 1 aliphatic heterocycles. The molecule has 1 saturated carbocycles. The van der Waals surface area contributed by atoms with Crippen LogP contribution in [0.5, 0.6) is 11.5 Å². The third-order valence-corrected chi connectivity index (χ3v) is 4.43. The molecule has 2 N–H and O–H groups in total. The van der Waals surface area contributed by atoms with Crippen molar-refractivity contribution in [3.05, 3.63) is 23.3 Å². The number of alkyl halides is 1. The third-order valence-electron chi connectivity index (χ3n) is 4.43. The van der Waals surface area contributed by atoms with E-state index in [1.165, 1.54) is 0 Å². The number of hydrogen-bond acceptors (Lipinski definition) is 3. The topological polar surface area (TPSA) is 44.5 Å². The SMILES string of the molecule is CC(C)(F)c1cc2c(c(C3(CN)CCC3)c1)OCO2. The van der Waals surface area contributed by atoms with Crippen molar-refractivity contribution in [3.63, 3.8) is 0 Å². The Bertz CT molecular complexity index is 498. The van der Waals surface area contributed by atoms with E-state index in [1.54, 1.807) is 19.9 Å². The van der Waals surface area contributed by atoms with Gasteiger partial charge in [0, 0.05) is 17.5 Å². The maximum Gasteiger partial charge on any atom is 0.231 e. The number of benzene rings is 1. The van der Waals surface area contributed by atoms with Crippen LogP contribution in [-0.2, 0) is 11.1 Å². The number of hydrogen-bond donors (Lipinski definition) is 1. The molecule has 1 fully saturated rings. The minimum absolute atomic E-state index is 0.0565. The van der Waals surface area contributed by atoms with Crippen molar-refractivity contribution < 1.29 is 13.9 Å². The Kier molecular flexibility index (Phi) is 2.75. The van der Waals surface area contributed by atoms with Crippen LogP contribution in [0.25, 0.3) is 0 Å². The Balaban J connectivity index is 2.15. The summed E-state index contributed by atoms with van der Waals surface area (Å²) in [4.78, 5) is 0. The van der Waals surface area contributed by atoms with E-state index in [-0.39, 0.29) is 12.2 Å². The second kappa shape index (κ2) is 4.10. The molecule has 2 aliphatic rings. The summed E-state index contributed by atoms with van der Waals surface area (Å²) in [5, 5.41) is 0. The maximum atomic E-state index is 14.3. The van der Waals surface area contributed by atoms with Crippen LogP contribution in [0.3, 0.4) is 0 Å². The number of rotatable bonds is 3. The van der Waals surface area contributed by atoms with Gasteiger partial charge in [0.2, 0.25) is 6.79 Å². The molecule has 0 bridgehead atoms. The molecule has 3 rings (SSSR count). The highest BCUT2D eigenvalue weighted by molar-refractivity contribution is 5.55. The van der Waals surface area contributed by atoms with Gasteiger partial charge in [-0.3, -0.25) is 0 Å². The molecule has 1 aliphatic carbocycles. The van der Waals surface area contributed by atoms with E-state index in [9.17, 15) is 4.39 Å². The second-order valence-corrected chi connectivity index (χ2v) is 6.07. The van der Waals surface area contributed by atoms with E-state index < -0.39 is 5.67 Å². The first-order valence-corrected chi connectivity index (χ1v) is 6.80. The van der Waals surface area contributed by atoms with Crippen molar-refractivity contribution in [2.45, 2.75) is 44.2 Å². The maximum absolute atomic E-state index is 14.3. The third kappa shape index (κ3) is 1.89. The summed E-state index contributed by atoms with van der Waals surface area (Å²) >= 11 is 0. The van der Waals surface area contributed by atoms with Gasteiger partial charge in [-0.15, -0.1) is 0 Å². The summed E-state index contributed by atoms with van der Waals surface area (Å²) < 4.78 is 25.3. The fraction of sp³-hybridized carbons (Fsp3) is 0.600. The Labute approximate surface area is 112 Å². The van der Waals surface area contributed by atoms with Gasteiger partial charge in [0.25, 0.3) is 0 Å². The molecule has 0 aromatic heterocycles. The lowest BCUT2D eigenvalue weighted by Crippen LogP contribution is -2.41. The fourth-order valence-electron chi connectivity index (χ4n) is 2.93. The Morgan fingerprint density at radius 2 is 2.05 bits per heavy atom. The quantitative estimate of drug-likeness (QED) is 0.913. The summed E-state index contributed by atoms with van der Waals surface area (Å²) in [6, 6.07) is 3.66. The molecule has 1 heterocycles. The van der Waals surface area contributed by atoms with Gasteiger partial charge < -0.3 is 15.2 Å². The molecule has 0 atom stereocenters. The van der Waals surface area contributed by atoms with E-state index in [1.807, 2.05) is 6.07 Å². The standard InChI is InChI=1S/C15H20FNO2/c1-14(2,16)10-6-11(15(8-17)4-3-5-15)13-12(7-10)18-9-19-13/h6-7H,3-5,8-9,17H2,1-2H3. The highest BCUT2D eigenvalue weighted by Crippen LogP contribution is 2.51. The zero-order chi connectivity index (χ0) is 13.7. The van der Waals surface area contributed by atoms with Crippen molar-refractivity contribution in [2.24, 2.45) is 5.73 Å². The summed E-state index contributed by atoms with van der Waals surface area (Å²) in [7, 11) is 0. The fourth-order valence-corrected chi connectivity index (χ4v) is 2.93. The second-order valence-electron chi connectivity index (χ2n) is 6.07. The Morgan fingerprint density at radius 1 is 1.32 bits per heavy atom. The smallest absolute Gasteiger partial charge is 0.231 e. The zero-order valence-electron chi connectivity index (χ0n) is 11.5. The van der Waals surface area contributed by atoms with E-state index >= 15 is 0 Å². The van der Waals surface area contributed by atoms with E-state index in [4.69, 9.17) is 15.2 Å². The molecule has 104 valence electrons. The lowest BCUT2D eigenvalue weighted by Gasteiger charge is -2.42. The van der Waals surface area contributed by atoms with Crippen LogP contribution >= 0.6 is 0 Å². The van der Waals surface area contributed by atoms with Crippen LogP contribution < -0.4 is 15.2 Å². The van der Waals surface area contributed by atoms with Crippen molar-refractivity contribution in [3.8, 4) is 11.5 Å². The highest BCUT2D eigenvalue weighted by atomic mass is 19.1. The minimum atomic E-state index is -1.39. The van der Waals surface area contributed by atoms with Gasteiger partial charge in [-0.2, -0.15) is 0 Å². The predicted molar refractivity (Wildman–Crippen MR) is 71.3 cm³/mol. The van der Waals surface area contributed by atoms with Crippen LogP contribution in [0.2, 0.25) is 0 Å². The van der Waals surface area contributed by atoms with Crippen molar-refractivity contribution in [2.75, 3.05) is 13.3 Å². The van der Waals surface area contributed by atoms with Crippen LogP contribution in [-0.4, -0.2) is 13.3 Å². The molecular formula is C15H20FNO2. The van der Waals surface area contributed by atoms with Gasteiger partial charge in [-0.1, -0.05) is 6.42 Å². The molecule has 0 unspecified atom stereocenters. The lowest BCUT2D eigenvalue weighted by molar-refractivity contribution is 0.168. The van der Waals surface area contributed by atoms with Crippen LogP contribution in [0.4, 0.5) is 4.39 Å². The average molecular weight is 265 g/mol. The average Bonchev–Trinajstić information content (AvgIpc) is 2.74. The Hall–Kier alpha value is -1.29. The largest absolute Gasteiger partial charge is 0.454 e. The number of fused-ring (bicyclic) bond motifs is 1. The minimum Gasteiger partial charge on any atom is -0.454 e. The van der Waals surface area contributed by atoms with Crippen LogP contribution in [0, 0.1) is 0 Å². The van der Waals surface area contributed by atoms with E-state index in [0.717, 1.165) is 30.6 Å². The van der Waals surface area contributed by atoms with Crippen molar-refractivity contribution in [1.82, 2.24) is 0 Å². The molecule has 0 spiro atoms. The molecule has 1 aromatic carbocycles. The van der Waals surface area contributed by atoms with Crippen LogP contribution in [0.1, 0.15) is 44.2 Å². The molecule has 0 radical (unpaired) electrons. The number of nitrogens with two attached hydrogens (primary N) is 1. The number of halogens is 1.